The molecule has 10 heavy (non-hydrogen) atoms. The normalized spacial score (nSPS) is 4.90. The minimum Gasteiger partial charge on any atom is -0.481 e. The first-order valence-corrected chi connectivity index (χ1v) is 1.58. The first-order chi connectivity index (χ1) is 3.46. The van der Waals surface area contributed by atoms with Crippen LogP contribution in [-0.4, -0.2) is 27.4 Å². The van der Waals surface area contributed by atoms with Crippen LogP contribution in [0.15, 0.2) is 0 Å². The zero-order valence-electron chi connectivity index (χ0n) is 5.57. The summed E-state index contributed by atoms with van der Waals surface area (Å²) in [6.45, 7) is 1.08. The number of hydrogen-bond donors (Lipinski definition) is 4. The Morgan fingerprint density at radius 3 is 1.10 bits per heavy atom. The van der Waals surface area contributed by atoms with Gasteiger partial charge >= 0.3 is 6.16 Å². The van der Waals surface area contributed by atoms with Crippen LogP contribution >= 0.6 is 0 Å². The second-order valence-electron chi connectivity index (χ2n) is 0.802. The minimum absolute atomic E-state index is 0. The molecule has 0 saturated carbocycles. The molecule has 6 N–H and O–H groups in total. The van der Waals surface area contributed by atoms with Gasteiger partial charge in [0.2, 0.25) is 0 Å². The molecule has 0 saturated heterocycles. The van der Waals surface area contributed by atoms with E-state index in [0.29, 0.717) is 0 Å². The number of carboxylic acids is 1. The Morgan fingerprint density at radius 2 is 1.10 bits per heavy atom. The van der Waals surface area contributed by atoms with Crippen LogP contribution in [-0.2, 0) is 24.3 Å². The summed E-state index contributed by atoms with van der Waals surface area (Å²) >= 11 is 0. The van der Waals surface area contributed by atoms with Crippen LogP contribution < -0.4 is 6.15 Å². The van der Waals surface area contributed by atoms with Crippen molar-refractivity contribution in [3.8, 4) is 0 Å². The summed E-state index contributed by atoms with van der Waals surface area (Å²) in [6.07, 6.45) is -1.83. The van der Waals surface area contributed by atoms with E-state index in [2.05, 4.69) is 0 Å². The van der Waals surface area contributed by atoms with Gasteiger partial charge in [0.05, 0.1) is 0 Å². The maximum atomic E-state index is 9.00. The van der Waals surface area contributed by atoms with E-state index in [1.54, 1.807) is 0 Å². The number of hydrogen-bond acceptors (Lipinski definition) is 3. The second kappa shape index (κ2) is 15.8. The van der Waals surface area contributed by atoms with Crippen molar-refractivity contribution in [2.24, 2.45) is 0 Å². The molecule has 0 atom stereocenters. The van der Waals surface area contributed by atoms with Gasteiger partial charge in [0, 0.05) is 26.4 Å². The van der Waals surface area contributed by atoms with Crippen molar-refractivity contribution in [1.29, 1.82) is 0 Å². The molecule has 0 bridgehead atoms. The molecule has 0 aliphatic carbocycles. The van der Waals surface area contributed by atoms with Gasteiger partial charge < -0.3 is 21.5 Å². The summed E-state index contributed by atoms with van der Waals surface area (Å²) in [5, 5.41) is 21.4. The SMILES string of the molecule is CC(=O)O.N.O=C(O)O.[Zn]. The molecule has 7 heteroatoms. The molecular formula is C3H9NO5Zn. The fourth-order valence-corrected chi connectivity index (χ4v) is 0. The molecule has 0 aromatic heterocycles. The fourth-order valence-electron chi connectivity index (χ4n) is 0. The van der Waals surface area contributed by atoms with Crippen molar-refractivity contribution in [1.82, 2.24) is 6.15 Å². The Morgan fingerprint density at radius 1 is 1.10 bits per heavy atom. The van der Waals surface area contributed by atoms with Crippen molar-refractivity contribution in [3.05, 3.63) is 0 Å². The van der Waals surface area contributed by atoms with Crippen LogP contribution in [0.3, 0.4) is 0 Å². The number of rotatable bonds is 0. The van der Waals surface area contributed by atoms with Crippen LogP contribution in [0.2, 0.25) is 0 Å². The summed E-state index contributed by atoms with van der Waals surface area (Å²) in [4.78, 5) is 17.6. The van der Waals surface area contributed by atoms with Crippen LogP contribution in [0.5, 0.6) is 0 Å². The Balaban J connectivity index is -0.0000000300. The van der Waals surface area contributed by atoms with E-state index < -0.39 is 12.1 Å². The molecule has 0 aromatic carbocycles. The molecule has 0 aliphatic heterocycles. The van der Waals surface area contributed by atoms with Gasteiger partial charge in [-0.25, -0.2) is 4.79 Å². The van der Waals surface area contributed by atoms with Crippen molar-refractivity contribution >= 4 is 12.1 Å². The van der Waals surface area contributed by atoms with Gasteiger partial charge in [0.25, 0.3) is 5.97 Å². The van der Waals surface area contributed by atoms with Crippen LogP contribution in [0.1, 0.15) is 6.92 Å². The average molecular weight is 204 g/mol. The first-order valence-electron chi connectivity index (χ1n) is 1.58. The Labute approximate surface area is 70.2 Å². The van der Waals surface area contributed by atoms with E-state index in [4.69, 9.17) is 24.9 Å². The molecule has 0 aromatic rings. The number of carboxylic acid groups (broad SMARTS) is 3. The Bertz CT molecular complexity index is 74.9. The molecule has 0 heterocycles. The third-order valence-corrected chi connectivity index (χ3v) is 0. The largest absolute Gasteiger partial charge is 0.503 e. The van der Waals surface area contributed by atoms with Gasteiger partial charge in [-0.15, -0.1) is 0 Å². The summed E-state index contributed by atoms with van der Waals surface area (Å²) in [5.74, 6) is -0.833. The number of carbonyl (C=O) groups is 2. The van der Waals surface area contributed by atoms with E-state index in [1.807, 2.05) is 0 Å². The van der Waals surface area contributed by atoms with Crippen LogP contribution in [0.25, 0.3) is 0 Å². The fraction of sp³-hybridized carbons (Fsp3) is 0.333. The molecule has 0 amide bonds. The molecular weight excluding hydrogens is 195 g/mol. The topological polar surface area (TPSA) is 130 Å². The van der Waals surface area contributed by atoms with Crippen LogP contribution in [0, 0.1) is 0 Å². The molecule has 0 spiro atoms. The second-order valence-corrected chi connectivity index (χ2v) is 0.802. The first kappa shape index (κ1) is 22.8. The monoisotopic (exact) mass is 203 g/mol. The van der Waals surface area contributed by atoms with Crippen molar-refractivity contribution < 1.29 is 44.4 Å². The maximum Gasteiger partial charge on any atom is 0.503 e. The maximum absolute atomic E-state index is 9.00. The molecule has 58 valence electrons. The van der Waals surface area contributed by atoms with Crippen molar-refractivity contribution in [2.45, 2.75) is 6.92 Å². The summed E-state index contributed by atoms with van der Waals surface area (Å²) in [5.41, 5.74) is 0. The van der Waals surface area contributed by atoms with E-state index in [9.17, 15) is 0 Å². The molecule has 0 rings (SSSR count). The summed E-state index contributed by atoms with van der Waals surface area (Å²) < 4.78 is 0. The molecule has 0 aliphatic rings. The van der Waals surface area contributed by atoms with Gasteiger partial charge in [-0.3, -0.25) is 4.79 Å². The van der Waals surface area contributed by atoms with E-state index in [-0.39, 0.29) is 25.6 Å². The summed E-state index contributed by atoms with van der Waals surface area (Å²) in [7, 11) is 0. The van der Waals surface area contributed by atoms with Gasteiger partial charge in [0.15, 0.2) is 0 Å². The zero-order valence-corrected chi connectivity index (χ0v) is 8.54. The average Bonchev–Trinajstić information content (AvgIpc) is 1.25. The van der Waals surface area contributed by atoms with E-state index in [1.165, 1.54) is 0 Å². The minimum atomic E-state index is -1.83. The standard InChI is InChI=1S/C2H4O2.CH2O3.H3N.Zn/c1-2(3)4;2-1(3)4;;/h1H3,(H,3,4);(H2,2,3,4);1H3;. The third kappa shape index (κ3) is 640. The Hall–Kier alpha value is -0.677. The zero-order chi connectivity index (χ0) is 7.15. The third-order valence-electron chi connectivity index (χ3n) is 0. The number of aliphatic carboxylic acids is 1. The van der Waals surface area contributed by atoms with E-state index in [0.717, 1.165) is 6.92 Å². The van der Waals surface area contributed by atoms with Gasteiger partial charge in [0.1, 0.15) is 0 Å². The predicted molar refractivity (Wildman–Crippen MR) is 29.0 cm³/mol. The predicted octanol–water partition coefficient (Wildman–Crippen LogP) is 0.473. The smallest absolute Gasteiger partial charge is 0.481 e. The quantitative estimate of drug-likeness (QED) is 0.424. The summed E-state index contributed by atoms with van der Waals surface area (Å²) in [6, 6.07) is 0. The van der Waals surface area contributed by atoms with Gasteiger partial charge in [-0.05, 0) is 0 Å². The molecule has 0 radical (unpaired) electrons. The van der Waals surface area contributed by atoms with Crippen LogP contribution in [0.4, 0.5) is 4.79 Å². The van der Waals surface area contributed by atoms with Crippen molar-refractivity contribution in [2.75, 3.05) is 0 Å². The van der Waals surface area contributed by atoms with Crippen molar-refractivity contribution in [3.63, 3.8) is 0 Å². The van der Waals surface area contributed by atoms with Gasteiger partial charge in [-0.2, -0.15) is 0 Å². The molecule has 0 unspecified atom stereocenters. The Kier molecular flexibility index (Phi) is 35.9. The molecule has 6 nitrogen and oxygen atoms in total. The van der Waals surface area contributed by atoms with E-state index >= 15 is 0 Å². The van der Waals surface area contributed by atoms with Gasteiger partial charge in [-0.1, -0.05) is 0 Å². The molecule has 0 fully saturated rings.